The van der Waals surface area contributed by atoms with E-state index in [2.05, 4.69) is 46.7 Å². The maximum atomic E-state index is 11.6. The van der Waals surface area contributed by atoms with E-state index in [-0.39, 0.29) is 17.9 Å². The number of aliphatic imine (C=N–C) groups is 1. The molecule has 0 bridgehead atoms. The van der Waals surface area contributed by atoms with E-state index in [1.165, 1.54) is 0 Å². The highest BCUT2D eigenvalue weighted by molar-refractivity contribution is 5.86. The lowest BCUT2D eigenvalue weighted by atomic mass is 9.94. The molecule has 1 aromatic heterocycles. The molecule has 0 saturated carbocycles. The molecule has 1 rings (SSSR count). The highest BCUT2D eigenvalue weighted by Crippen LogP contribution is 2.22. The minimum Gasteiger partial charge on any atom is -0.443 e. The van der Waals surface area contributed by atoms with Gasteiger partial charge in [-0.25, -0.2) is 4.98 Å². The van der Waals surface area contributed by atoms with Gasteiger partial charge in [0.2, 0.25) is 11.8 Å². The van der Waals surface area contributed by atoms with Gasteiger partial charge >= 0.3 is 0 Å². The summed E-state index contributed by atoms with van der Waals surface area (Å²) in [4.78, 5) is 19.9. The number of methoxy groups -OCH3 is 1. The molecule has 0 aromatic carbocycles. The van der Waals surface area contributed by atoms with Crippen molar-refractivity contribution in [2.45, 2.75) is 32.7 Å². The van der Waals surface area contributed by atoms with E-state index in [1.807, 2.05) is 0 Å². The van der Waals surface area contributed by atoms with Gasteiger partial charge in [-0.05, 0) is 0 Å². The first-order valence-corrected chi connectivity index (χ1v) is 7.52. The van der Waals surface area contributed by atoms with Gasteiger partial charge in [-0.3, -0.25) is 9.79 Å². The topological polar surface area (TPSA) is 101 Å². The predicted octanol–water partition coefficient (Wildman–Crippen LogP) is 0.400. The van der Waals surface area contributed by atoms with E-state index in [0.29, 0.717) is 31.5 Å². The maximum Gasteiger partial charge on any atom is 0.239 e. The summed E-state index contributed by atoms with van der Waals surface area (Å²) in [6.45, 7) is 7.67. The van der Waals surface area contributed by atoms with Crippen molar-refractivity contribution in [3.8, 4) is 0 Å². The number of carbonyl (C=O) groups is 1. The minimum atomic E-state index is -0.129. The molecule has 0 aliphatic carbocycles. The first-order chi connectivity index (χ1) is 10.9. The third-order valence-electron chi connectivity index (χ3n) is 2.97. The maximum absolute atomic E-state index is 11.6. The molecule has 23 heavy (non-hydrogen) atoms. The van der Waals surface area contributed by atoms with Gasteiger partial charge in [0.05, 0.1) is 25.9 Å². The van der Waals surface area contributed by atoms with Crippen molar-refractivity contribution in [2.24, 2.45) is 4.99 Å². The minimum absolute atomic E-state index is 0.0779. The Morgan fingerprint density at radius 2 is 2.09 bits per heavy atom. The fraction of sp³-hybridized carbons (Fsp3) is 0.667. The Morgan fingerprint density at radius 1 is 1.35 bits per heavy atom. The number of ether oxygens (including phenoxy) is 1. The third-order valence-corrected chi connectivity index (χ3v) is 2.97. The van der Waals surface area contributed by atoms with Crippen LogP contribution < -0.4 is 16.0 Å². The molecule has 0 radical (unpaired) electrons. The van der Waals surface area contributed by atoms with E-state index in [0.717, 1.165) is 5.76 Å². The molecule has 0 aliphatic heterocycles. The quantitative estimate of drug-likeness (QED) is 0.381. The summed E-state index contributed by atoms with van der Waals surface area (Å²) in [5.74, 6) is 1.77. The number of rotatable bonds is 7. The van der Waals surface area contributed by atoms with Crippen LogP contribution in [0.25, 0.3) is 0 Å². The van der Waals surface area contributed by atoms with Gasteiger partial charge in [0.25, 0.3) is 0 Å². The fourth-order valence-electron chi connectivity index (χ4n) is 1.64. The van der Waals surface area contributed by atoms with Crippen LogP contribution in [0.15, 0.2) is 15.6 Å². The van der Waals surface area contributed by atoms with Gasteiger partial charge in [0.15, 0.2) is 5.96 Å². The summed E-state index contributed by atoms with van der Waals surface area (Å²) in [6.07, 6.45) is 1.73. The summed E-state index contributed by atoms with van der Waals surface area (Å²) < 4.78 is 10.5. The molecular formula is C15H27N5O3. The Hall–Kier alpha value is -2.09. The number of aromatic nitrogens is 1. The summed E-state index contributed by atoms with van der Waals surface area (Å²) in [5, 5.41) is 8.69. The summed E-state index contributed by atoms with van der Waals surface area (Å²) in [6, 6.07) is 0. The Bertz CT molecular complexity index is 519. The van der Waals surface area contributed by atoms with Crippen LogP contribution in [-0.2, 0) is 21.5 Å². The molecule has 0 unspecified atom stereocenters. The van der Waals surface area contributed by atoms with Crippen LogP contribution in [0.5, 0.6) is 0 Å². The van der Waals surface area contributed by atoms with Crippen molar-refractivity contribution in [1.82, 2.24) is 20.9 Å². The number of hydrogen-bond acceptors (Lipinski definition) is 5. The average molecular weight is 325 g/mol. The number of nitrogens with zero attached hydrogens (tertiary/aromatic N) is 2. The van der Waals surface area contributed by atoms with Crippen molar-refractivity contribution in [3.63, 3.8) is 0 Å². The van der Waals surface area contributed by atoms with E-state index >= 15 is 0 Å². The highest BCUT2D eigenvalue weighted by atomic mass is 16.5. The van der Waals surface area contributed by atoms with Gasteiger partial charge in [0.1, 0.15) is 5.76 Å². The van der Waals surface area contributed by atoms with Crippen molar-refractivity contribution in [2.75, 3.05) is 33.9 Å². The second kappa shape index (κ2) is 9.14. The Balaban J connectivity index is 2.37. The van der Waals surface area contributed by atoms with Crippen LogP contribution in [0, 0.1) is 0 Å². The zero-order valence-electron chi connectivity index (χ0n) is 14.5. The van der Waals surface area contributed by atoms with Crippen molar-refractivity contribution in [1.29, 1.82) is 0 Å². The molecule has 130 valence electrons. The molecule has 1 amide bonds. The van der Waals surface area contributed by atoms with Crippen LogP contribution in [0.3, 0.4) is 0 Å². The molecule has 1 aromatic rings. The standard InChI is InChI=1S/C15H27N5O3/c1-15(2,3)11-8-18-13(23-11)10-20-14(16-4)19-9-12(21)17-6-7-22-5/h8H,6-7,9-10H2,1-5H3,(H,17,21)(H2,16,19,20). The van der Waals surface area contributed by atoms with E-state index < -0.39 is 0 Å². The molecular weight excluding hydrogens is 298 g/mol. The first kappa shape index (κ1) is 19.0. The fourth-order valence-corrected chi connectivity index (χ4v) is 1.64. The molecule has 0 saturated heterocycles. The van der Waals surface area contributed by atoms with E-state index in [1.54, 1.807) is 20.4 Å². The van der Waals surface area contributed by atoms with E-state index in [4.69, 9.17) is 9.15 Å². The van der Waals surface area contributed by atoms with Crippen molar-refractivity contribution < 1.29 is 13.9 Å². The van der Waals surface area contributed by atoms with Crippen LogP contribution in [0.4, 0.5) is 0 Å². The van der Waals surface area contributed by atoms with Crippen molar-refractivity contribution in [3.05, 3.63) is 17.8 Å². The zero-order chi connectivity index (χ0) is 17.3. The third kappa shape index (κ3) is 7.14. The zero-order valence-corrected chi connectivity index (χ0v) is 14.5. The van der Waals surface area contributed by atoms with Gasteiger partial charge < -0.3 is 25.1 Å². The lowest BCUT2D eigenvalue weighted by Gasteiger charge is -2.13. The molecule has 8 heteroatoms. The monoisotopic (exact) mass is 325 g/mol. The lowest BCUT2D eigenvalue weighted by molar-refractivity contribution is -0.120. The SMILES string of the molecule is CN=C(NCC(=O)NCCOC)NCc1ncc(C(C)(C)C)o1. The van der Waals surface area contributed by atoms with Crippen LogP contribution in [0.1, 0.15) is 32.4 Å². The predicted molar refractivity (Wildman–Crippen MR) is 88.3 cm³/mol. The second-order valence-electron chi connectivity index (χ2n) is 5.99. The lowest BCUT2D eigenvalue weighted by Crippen LogP contribution is -2.43. The van der Waals surface area contributed by atoms with Crippen LogP contribution >= 0.6 is 0 Å². The van der Waals surface area contributed by atoms with Gasteiger partial charge in [-0.15, -0.1) is 0 Å². The summed E-state index contributed by atoms with van der Waals surface area (Å²) in [5.41, 5.74) is -0.0779. The van der Waals surface area contributed by atoms with Crippen LogP contribution in [0.2, 0.25) is 0 Å². The molecule has 1 heterocycles. The van der Waals surface area contributed by atoms with Gasteiger partial charge in [0, 0.05) is 26.1 Å². The van der Waals surface area contributed by atoms with Gasteiger partial charge in [-0.1, -0.05) is 20.8 Å². The number of amides is 1. The molecule has 8 nitrogen and oxygen atoms in total. The molecule has 0 fully saturated rings. The number of hydrogen-bond donors (Lipinski definition) is 3. The number of oxazole rings is 1. The molecule has 0 spiro atoms. The molecule has 0 atom stereocenters. The van der Waals surface area contributed by atoms with Gasteiger partial charge in [-0.2, -0.15) is 0 Å². The Morgan fingerprint density at radius 3 is 2.65 bits per heavy atom. The van der Waals surface area contributed by atoms with E-state index in [9.17, 15) is 4.79 Å². The largest absolute Gasteiger partial charge is 0.443 e. The summed E-state index contributed by atoms with van der Waals surface area (Å²) >= 11 is 0. The number of nitrogens with one attached hydrogen (secondary N) is 3. The van der Waals surface area contributed by atoms with Crippen molar-refractivity contribution >= 4 is 11.9 Å². The highest BCUT2D eigenvalue weighted by Gasteiger charge is 2.19. The Labute approximate surface area is 137 Å². The van der Waals surface area contributed by atoms with Crippen LogP contribution in [-0.4, -0.2) is 50.7 Å². The number of guanidine groups is 1. The first-order valence-electron chi connectivity index (χ1n) is 7.52. The summed E-state index contributed by atoms with van der Waals surface area (Å²) in [7, 11) is 3.22. The average Bonchev–Trinajstić information content (AvgIpc) is 2.97. The normalized spacial score (nSPS) is 12.1. The molecule has 3 N–H and O–H groups in total. The second-order valence-corrected chi connectivity index (χ2v) is 5.99. The smallest absolute Gasteiger partial charge is 0.239 e. The molecule has 0 aliphatic rings. The number of carbonyl (C=O) groups excluding carboxylic acids is 1. The Kier molecular flexibility index (Phi) is 7.53.